The molecule has 6 heteroatoms. The molecule has 2 aromatic rings. The van der Waals surface area contributed by atoms with Crippen molar-refractivity contribution in [3.63, 3.8) is 0 Å². The normalized spacial score (nSPS) is 17.9. The van der Waals surface area contributed by atoms with Gasteiger partial charge in [0, 0.05) is 42.4 Å². The summed E-state index contributed by atoms with van der Waals surface area (Å²) in [6.07, 6.45) is 3.87. The average molecular weight is 393 g/mol. The van der Waals surface area contributed by atoms with Crippen LogP contribution in [0.2, 0.25) is 0 Å². The first-order valence-corrected chi connectivity index (χ1v) is 10.2. The second kappa shape index (κ2) is 7.43. The van der Waals surface area contributed by atoms with Crippen molar-refractivity contribution < 1.29 is 23.8 Å². The Bertz CT molecular complexity index is 962. The van der Waals surface area contributed by atoms with Crippen molar-refractivity contribution in [1.29, 1.82) is 0 Å². The van der Waals surface area contributed by atoms with Crippen LogP contribution < -0.4 is 19.1 Å². The van der Waals surface area contributed by atoms with Gasteiger partial charge in [-0.25, -0.2) is 0 Å². The molecule has 3 heterocycles. The summed E-state index contributed by atoms with van der Waals surface area (Å²) < 4.78 is 16.0. The highest BCUT2D eigenvalue weighted by atomic mass is 16.7. The van der Waals surface area contributed by atoms with E-state index in [1.54, 1.807) is 6.07 Å². The van der Waals surface area contributed by atoms with Crippen molar-refractivity contribution in [3.05, 3.63) is 47.5 Å². The molecule has 0 unspecified atom stereocenters. The van der Waals surface area contributed by atoms with Gasteiger partial charge in [-0.15, -0.1) is 0 Å². The van der Waals surface area contributed by atoms with Crippen molar-refractivity contribution in [2.75, 3.05) is 24.8 Å². The summed E-state index contributed by atoms with van der Waals surface area (Å²) >= 11 is 0. The fourth-order valence-electron chi connectivity index (χ4n) is 4.32. The van der Waals surface area contributed by atoms with Crippen LogP contribution in [-0.4, -0.2) is 31.6 Å². The van der Waals surface area contributed by atoms with Gasteiger partial charge in [-0.05, 0) is 43.4 Å². The van der Waals surface area contributed by atoms with E-state index < -0.39 is 0 Å². The molecule has 1 fully saturated rings. The Balaban J connectivity index is 1.13. The topological polar surface area (TPSA) is 65.1 Å². The molecule has 0 radical (unpaired) electrons. The Morgan fingerprint density at radius 3 is 2.69 bits per heavy atom. The zero-order valence-corrected chi connectivity index (χ0v) is 16.2. The number of Topliss-reactive ketones (excluding diaryl/α,β-unsaturated/α-hetero) is 1. The molecule has 150 valence electrons. The molecule has 1 saturated heterocycles. The van der Waals surface area contributed by atoms with Crippen LogP contribution in [0, 0.1) is 5.92 Å². The molecule has 0 aliphatic carbocycles. The summed E-state index contributed by atoms with van der Waals surface area (Å²) in [4.78, 5) is 26.3. The smallest absolute Gasteiger partial charge is 0.315 e. The third-order valence-corrected chi connectivity index (χ3v) is 6.06. The zero-order chi connectivity index (χ0) is 19.8. The molecule has 29 heavy (non-hydrogen) atoms. The van der Waals surface area contributed by atoms with Crippen LogP contribution in [0.25, 0.3) is 0 Å². The molecule has 0 saturated carbocycles. The van der Waals surface area contributed by atoms with E-state index >= 15 is 0 Å². The number of nitrogens with zero attached hydrogens (tertiary/aromatic N) is 1. The van der Waals surface area contributed by atoms with Gasteiger partial charge in [-0.3, -0.25) is 9.59 Å². The first-order chi connectivity index (χ1) is 14.2. The molecule has 6 nitrogen and oxygen atoms in total. The van der Waals surface area contributed by atoms with Gasteiger partial charge in [0.2, 0.25) is 6.79 Å². The van der Waals surface area contributed by atoms with Crippen LogP contribution in [0.1, 0.15) is 41.6 Å². The van der Waals surface area contributed by atoms with Gasteiger partial charge >= 0.3 is 5.97 Å². The van der Waals surface area contributed by atoms with Gasteiger partial charge in [-0.1, -0.05) is 12.1 Å². The molecule has 5 rings (SSSR count). The lowest BCUT2D eigenvalue weighted by Crippen LogP contribution is -2.33. The molecular formula is C23H23NO5. The molecular weight excluding hydrogens is 370 g/mol. The second-order valence-electron chi connectivity index (χ2n) is 7.90. The molecule has 0 amide bonds. The highest BCUT2D eigenvalue weighted by Gasteiger charge is 2.24. The monoisotopic (exact) mass is 393 g/mol. The zero-order valence-electron chi connectivity index (χ0n) is 16.2. The number of fused-ring (bicyclic) bond motifs is 2. The molecule has 3 aliphatic rings. The largest absolute Gasteiger partial charge is 0.454 e. The van der Waals surface area contributed by atoms with Crippen LogP contribution in [0.15, 0.2) is 36.4 Å². The fourth-order valence-corrected chi connectivity index (χ4v) is 4.32. The SMILES string of the molecule is O=C1Cc2ccc(C(=O)CCC3CCN(c4ccc5c(c4)OCO5)CC3)cc2O1. The highest BCUT2D eigenvalue weighted by molar-refractivity contribution is 5.97. The Morgan fingerprint density at radius 2 is 1.83 bits per heavy atom. The predicted molar refractivity (Wildman–Crippen MR) is 107 cm³/mol. The number of benzene rings is 2. The molecule has 0 N–H and O–H groups in total. The molecule has 0 atom stereocenters. The molecule has 0 aromatic heterocycles. The first kappa shape index (κ1) is 18.0. The Morgan fingerprint density at radius 1 is 1.00 bits per heavy atom. The number of hydrogen-bond acceptors (Lipinski definition) is 6. The summed E-state index contributed by atoms with van der Waals surface area (Å²) in [5.74, 6) is 2.58. The number of ketones is 1. The number of rotatable bonds is 5. The third-order valence-electron chi connectivity index (χ3n) is 6.06. The summed E-state index contributed by atoms with van der Waals surface area (Å²) in [5.41, 5.74) is 2.66. The quantitative estimate of drug-likeness (QED) is 0.438. The van der Waals surface area contributed by atoms with E-state index in [1.807, 2.05) is 24.3 Å². The Kier molecular flexibility index (Phi) is 4.62. The standard InChI is InChI=1S/C23H23NO5/c25-19(16-2-3-17-12-23(26)29-21(17)11-16)5-1-15-7-9-24(10-8-15)18-4-6-20-22(13-18)28-14-27-20/h2-4,6,11,13,15H,1,5,7-10,12,14H2. The van der Waals surface area contributed by atoms with Gasteiger partial charge in [0.25, 0.3) is 0 Å². The minimum absolute atomic E-state index is 0.119. The number of carbonyl (C=O) groups excluding carboxylic acids is 2. The van der Waals surface area contributed by atoms with Gasteiger partial charge in [-0.2, -0.15) is 0 Å². The molecule has 0 spiro atoms. The number of piperidine rings is 1. The van der Waals surface area contributed by atoms with Crippen LogP contribution in [0.5, 0.6) is 17.2 Å². The predicted octanol–water partition coefficient (Wildman–Crippen LogP) is 3.76. The number of hydrogen-bond donors (Lipinski definition) is 0. The molecule has 2 aromatic carbocycles. The van der Waals surface area contributed by atoms with Crippen LogP contribution in [0.4, 0.5) is 5.69 Å². The Labute approximate surface area is 169 Å². The van der Waals surface area contributed by atoms with Crippen molar-refractivity contribution in [2.45, 2.75) is 32.1 Å². The Hall–Kier alpha value is -3.02. The molecule has 3 aliphatic heterocycles. The van der Waals surface area contributed by atoms with Crippen molar-refractivity contribution in [3.8, 4) is 17.2 Å². The van der Waals surface area contributed by atoms with E-state index in [0.717, 1.165) is 55.1 Å². The second-order valence-corrected chi connectivity index (χ2v) is 7.90. The maximum absolute atomic E-state index is 12.6. The van der Waals surface area contributed by atoms with Crippen molar-refractivity contribution >= 4 is 17.4 Å². The van der Waals surface area contributed by atoms with Gasteiger partial charge in [0.15, 0.2) is 17.3 Å². The minimum Gasteiger partial charge on any atom is -0.454 e. The third kappa shape index (κ3) is 3.67. The summed E-state index contributed by atoms with van der Waals surface area (Å²) in [6.45, 7) is 2.25. The lowest BCUT2D eigenvalue weighted by atomic mass is 9.90. The minimum atomic E-state index is -0.251. The maximum atomic E-state index is 12.6. The lowest BCUT2D eigenvalue weighted by molar-refractivity contribution is -0.131. The van der Waals surface area contributed by atoms with Gasteiger partial charge < -0.3 is 19.1 Å². The number of anilines is 1. The fraction of sp³-hybridized carbons (Fsp3) is 0.391. The number of ether oxygens (including phenoxy) is 3. The van der Waals surface area contributed by atoms with Gasteiger partial charge in [0.1, 0.15) is 5.75 Å². The van der Waals surface area contributed by atoms with E-state index in [-0.39, 0.29) is 11.8 Å². The average Bonchev–Trinajstić information content (AvgIpc) is 3.36. The van der Waals surface area contributed by atoms with Crippen LogP contribution >= 0.6 is 0 Å². The van der Waals surface area contributed by atoms with Crippen molar-refractivity contribution in [1.82, 2.24) is 0 Å². The number of esters is 1. The summed E-state index contributed by atoms with van der Waals surface area (Å²) in [6, 6.07) is 11.5. The van der Waals surface area contributed by atoms with E-state index in [1.165, 1.54) is 0 Å². The maximum Gasteiger partial charge on any atom is 0.315 e. The van der Waals surface area contributed by atoms with E-state index in [4.69, 9.17) is 14.2 Å². The highest BCUT2D eigenvalue weighted by Crippen LogP contribution is 2.37. The van der Waals surface area contributed by atoms with Crippen molar-refractivity contribution in [2.24, 2.45) is 5.92 Å². The van der Waals surface area contributed by atoms with E-state index in [9.17, 15) is 9.59 Å². The summed E-state index contributed by atoms with van der Waals surface area (Å²) in [5, 5.41) is 0. The molecule has 0 bridgehead atoms. The summed E-state index contributed by atoms with van der Waals surface area (Å²) in [7, 11) is 0. The number of carbonyl (C=O) groups is 2. The van der Waals surface area contributed by atoms with E-state index in [0.29, 0.717) is 36.9 Å². The van der Waals surface area contributed by atoms with E-state index in [2.05, 4.69) is 11.0 Å². The van der Waals surface area contributed by atoms with Crippen LogP contribution in [-0.2, 0) is 11.2 Å². The van der Waals surface area contributed by atoms with Crippen LogP contribution in [0.3, 0.4) is 0 Å². The first-order valence-electron chi connectivity index (χ1n) is 10.2. The lowest BCUT2D eigenvalue weighted by Gasteiger charge is -2.33. The van der Waals surface area contributed by atoms with Gasteiger partial charge in [0.05, 0.1) is 6.42 Å².